The van der Waals surface area contributed by atoms with Crippen LogP contribution in [0.1, 0.15) is 44.1 Å². The maximum atomic E-state index is 11.5. The Morgan fingerprint density at radius 2 is 2.14 bits per heavy atom. The molecule has 0 radical (unpaired) electrons. The van der Waals surface area contributed by atoms with Crippen LogP contribution in [0.5, 0.6) is 0 Å². The minimum Gasteiger partial charge on any atom is -0.460 e. The minimum absolute atomic E-state index is 0.277. The summed E-state index contributed by atoms with van der Waals surface area (Å²) in [7, 11) is 0. The molecule has 22 heavy (non-hydrogen) atoms. The summed E-state index contributed by atoms with van der Waals surface area (Å²) >= 11 is -2.08. The smallest absolute Gasteiger partial charge is 0.186 e. The van der Waals surface area contributed by atoms with Crippen LogP contribution < -0.4 is 0 Å². The lowest BCUT2D eigenvalue weighted by Crippen LogP contribution is -1.98. The quantitative estimate of drug-likeness (QED) is 0.609. The predicted molar refractivity (Wildman–Crippen MR) is 90.3 cm³/mol. The van der Waals surface area contributed by atoms with E-state index in [9.17, 15) is 8.76 Å². The highest BCUT2D eigenvalue weighted by Crippen LogP contribution is 2.32. The summed E-state index contributed by atoms with van der Waals surface area (Å²) in [5.41, 5.74) is 2.54. The van der Waals surface area contributed by atoms with Crippen LogP contribution in [0.4, 0.5) is 0 Å². The maximum Gasteiger partial charge on any atom is 0.186 e. The molecule has 5 heteroatoms. The number of furan rings is 1. The fourth-order valence-electron chi connectivity index (χ4n) is 2.65. The Kier molecular flexibility index (Phi) is 5.32. The Balaban J connectivity index is 2.81. The number of hydrogen-bond acceptors (Lipinski definition) is 3. The van der Waals surface area contributed by atoms with Crippen molar-refractivity contribution in [3.8, 4) is 0 Å². The first-order chi connectivity index (χ1) is 10.5. The Morgan fingerprint density at radius 3 is 2.68 bits per heavy atom. The van der Waals surface area contributed by atoms with E-state index >= 15 is 0 Å². The van der Waals surface area contributed by atoms with Gasteiger partial charge < -0.3 is 14.4 Å². The number of aryl methyl sites for hydroxylation is 2. The second-order valence-corrected chi connectivity index (χ2v) is 6.09. The van der Waals surface area contributed by atoms with Gasteiger partial charge in [-0.15, -0.1) is 0 Å². The number of nitrogens with one attached hydrogen (secondary N) is 1. The first-order valence-electron chi connectivity index (χ1n) is 7.44. The van der Waals surface area contributed by atoms with Crippen LogP contribution in [0.2, 0.25) is 0 Å². The van der Waals surface area contributed by atoms with Crippen molar-refractivity contribution in [3.63, 3.8) is 0 Å². The molecule has 0 fully saturated rings. The summed E-state index contributed by atoms with van der Waals surface area (Å²) in [5, 5.41) is 9.00. The number of fused-ring (bicyclic) bond motifs is 1. The van der Waals surface area contributed by atoms with Gasteiger partial charge in [0.25, 0.3) is 0 Å². The summed E-state index contributed by atoms with van der Waals surface area (Å²) in [6, 6.07) is 3.28. The molecule has 0 aliphatic carbocycles. The van der Waals surface area contributed by atoms with E-state index in [2.05, 4.69) is 6.92 Å². The van der Waals surface area contributed by atoms with Crippen LogP contribution in [0, 0.1) is 5.41 Å². The highest BCUT2D eigenvalue weighted by atomic mass is 32.2. The average Bonchev–Trinajstić information content (AvgIpc) is 2.83. The van der Waals surface area contributed by atoms with Crippen molar-refractivity contribution < 1.29 is 13.2 Å². The maximum absolute atomic E-state index is 11.5. The second-order valence-electron chi connectivity index (χ2n) is 5.12. The summed E-state index contributed by atoms with van der Waals surface area (Å²) in [6.45, 7) is 5.97. The molecule has 1 heterocycles. The Hall–Kier alpha value is -1.72. The van der Waals surface area contributed by atoms with Crippen molar-refractivity contribution in [1.82, 2.24) is 0 Å². The molecule has 0 saturated carbocycles. The van der Waals surface area contributed by atoms with E-state index in [0.29, 0.717) is 16.0 Å². The molecule has 1 aromatic carbocycles. The zero-order valence-electron chi connectivity index (χ0n) is 13.1. The van der Waals surface area contributed by atoms with Gasteiger partial charge in [-0.3, -0.25) is 0 Å². The minimum atomic E-state index is -2.08. The van der Waals surface area contributed by atoms with Gasteiger partial charge >= 0.3 is 0 Å². The lowest BCUT2D eigenvalue weighted by molar-refractivity contribution is 0.538. The Bertz CT molecular complexity index is 759. The van der Waals surface area contributed by atoms with Crippen molar-refractivity contribution in [2.45, 2.75) is 44.9 Å². The van der Waals surface area contributed by atoms with Gasteiger partial charge in [0.15, 0.2) is 11.1 Å². The zero-order valence-corrected chi connectivity index (χ0v) is 13.9. The van der Waals surface area contributed by atoms with Gasteiger partial charge in [0, 0.05) is 22.9 Å². The molecule has 1 atom stereocenters. The molecule has 2 aromatic rings. The van der Waals surface area contributed by atoms with Gasteiger partial charge in [-0.1, -0.05) is 19.9 Å². The summed E-state index contributed by atoms with van der Waals surface area (Å²) in [5.74, 6) is 0.912. The van der Waals surface area contributed by atoms with Crippen LogP contribution in [-0.2, 0) is 23.9 Å². The number of hydrogen-bond donors (Lipinski definition) is 2. The first-order valence-corrected chi connectivity index (χ1v) is 8.54. The molecule has 0 bridgehead atoms. The molecule has 1 unspecified atom stereocenters. The molecular formula is C17H21NO3S. The molecule has 1 aromatic heterocycles. The molecule has 0 saturated heterocycles. The fourth-order valence-corrected chi connectivity index (χ4v) is 3.08. The third-order valence-electron chi connectivity index (χ3n) is 3.61. The predicted octanol–water partition coefficient (Wildman–Crippen LogP) is 4.47. The summed E-state index contributed by atoms with van der Waals surface area (Å²) < 4.78 is 27.0. The molecule has 0 aliphatic heterocycles. The SMILES string of the molecule is CC=CC(=N)c1cc(S(=O)O)cc2c(CC)c(CCC)oc12. The third kappa shape index (κ3) is 3.05. The van der Waals surface area contributed by atoms with Gasteiger partial charge in [-0.25, -0.2) is 4.21 Å². The van der Waals surface area contributed by atoms with Crippen LogP contribution in [0.25, 0.3) is 11.0 Å². The number of rotatable bonds is 6. The normalized spacial score (nSPS) is 13.1. The molecule has 0 amide bonds. The van der Waals surface area contributed by atoms with Gasteiger partial charge in [0.1, 0.15) is 11.3 Å². The monoisotopic (exact) mass is 319 g/mol. The highest BCUT2D eigenvalue weighted by Gasteiger charge is 2.19. The van der Waals surface area contributed by atoms with E-state index in [-0.39, 0.29) is 5.71 Å². The van der Waals surface area contributed by atoms with Crippen molar-refractivity contribution in [2.24, 2.45) is 0 Å². The van der Waals surface area contributed by atoms with E-state index in [1.807, 2.05) is 13.8 Å². The zero-order chi connectivity index (χ0) is 16.3. The summed E-state index contributed by atoms with van der Waals surface area (Å²) in [6.07, 6.45) is 6.01. The Labute approximate surface area is 133 Å². The van der Waals surface area contributed by atoms with Gasteiger partial charge in [-0.05, 0) is 38.0 Å². The van der Waals surface area contributed by atoms with E-state index in [1.54, 1.807) is 24.3 Å². The number of benzene rings is 1. The fraction of sp³-hybridized carbons (Fsp3) is 0.353. The largest absolute Gasteiger partial charge is 0.460 e. The van der Waals surface area contributed by atoms with E-state index < -0.39 is 11.1 Å². The molecule has 4 nitrogen and oxygen atoms in total. The number of allylic oxidation sites excluding steroid dienone is 2. The molecule has 2 rings (SSSR count). The van der Waals surface area contributed by atoms with Crippen molar-refractivity contribution in [1.29, 1.82) is 5.41 Å². The third-order valence-corrected chi connectivity index (χ3v) is 4.24. The van der Waals surface area contributed by atoms with Crippen molar-refractivity contribution >= 4 is 27.8 Å². The van der Waals surface area contributed by atoms with E-state index in [4.69, 9.17) is 9.83 Å². The topological polar surface area (TPSA) is 74.3 Å². The Morgan fingerprint density at radius 1 is 1.41 bits per heavy atom. The van der Waals surface area contributed by atoms with E-state index in [0.717, 1.165) is 36.0 Å². The molecule has 0 aliphatic rings. The molecule has 118 valence electrons. The van der Waals surface area contributed by atoms with Crippen LogP contribution in [0.15, 0.2) is 33.6 Å². The van der Waals surface area contributed by atoms with Crippen molar-refractivity contribution in [2.75, 3.05) is 0 Å². The standard InChI is InChI=1S/C17H21NO3S/c1-4-7-15(18)14-10-11(22(19)20)9-13-12(6-3)16(8-5-2)21-17(13)14/h4,7,9-10,18H,5-6,8H2,1-3H3,(H,19,20). The molecule has 2 N–H and O–H groups in total. The van der Waals surface area contributed by atoms with Crippen LogP contribution in [0.3, 0.4) is 0 Å². The molecule has 0 spiro atoms. The average molecular weight is 319 g/mol. The van der Waals surface area contributed by atoms with Gasteiger partial charge in [0.2, 0.25) is 0 Å². The van der Waals surface area contributed by atoms with Crippen LogP contribution >= 0.6 is 0 Å². The molecular weight excluding hydrogens is 298 g/mol. The lowest BCUT2D eigenvalue weighted by atomic mass is 10.0. The van der Waals surface area contributed by atoms with Crippen molar-refractivity contribution in [3.05, 3.63) is 41.2 Å². The van der Waals surface area contributed by atoms with Crippen LogP contribution in [-0.4, -0.2) is 14.5 Å². The highest BCUT2D eigenvalue weighted by molar-refractivity contribution is 7.79. The van der Waals surface area contributed by atoms with Gasteiger partial charge in [-0.2, -0.15) is 0 Å². The van der Waals surface area contributed by atoms with Gasteiger partial charge in [0.05, 0.1) is 10.6 Å². The lowest BCUT2D eigenvalue weighted by Gasteiger charge is -2.04. The second kappa shape index (κ2) is 7.03. The summed E-state index contributed by atoms with van der Waals surface area (Å²) in [4.78, 5) is 0.301. The first kappa shape index (κ1) is 16.6. The van der Waals surface area contributed by atoms with E-state index in [1.165, 1.54) is 0 Å².